The zero-order valence-corrected chi connectivity index (χ0v) is 11.8. The Kier molecular flexibility index (Phi) is 5.75. The normalized spacial score (nSPS) is 21.7. The van der Waals surface area contributed by atoms with Crippen molar-refractivity contribution in [1.29, 1.82) is 0 Å². The van der Waals surface area contributed by atoms with Crippen molar-refractivity contribution in [1.82, 2.24) is 5.32 Å². The molecule has 1 aliphatic heterocycles. The summed E-state index contributed by atoms with van der Waals surface area (Å²) in [4.78, 5) is 22.7. The molecule has 1 heterocycles. The third-order valence-corrected chi connectivity index (χ3v) is 3.15. The molecule has 0 aromatic heterocycles. The average Bonchev–Trinajstić information content (AvgIpc) is 2.36. The van der Waals surface area contributed by atoms with Crippen LogP contribution in [0.3, 0.4) is 0 Å². The fourth-order valence-electron chi connectivity index (χ4n) is 1.73. The number of carbonyl (C=O) groups is 2. The lowest BCUT2D eigenvalue weighted by Gasteiger charge is -2.26. The summed E-state index contributed by atoms with van der Waals surface area (Å²) in [6, 6.07) is 0. The summed E-state index contributed by atoms with van der Waals surface area (Å²) >= 11 is 0. The van der Waals surface area contributed by atoms with Crippen molar-refractivity contribution in [3.63, 3.8) is 0 Å². The fourth-order valence-corrected chi connectivity index (χ4v) is 1.73. The predicted molar refractivity (Wildman–Crippen MR) is 68.9 cm³/mol. The number of nitrogens with one attached hydrogen (secondary N) is 1. The molecular weight excluding hydrogens is 250 g/mol. The number of aliphatic carboxylic acids is 1. The van der Waals surface area contributed by atoms with Gasteiger partial charge in [0.2, 0.25) is 5.91 Å². The Morgan fingerprint density at radius 2 is 2.16 bits per heavy atom. The number of hydrogen-bond acceptors (Lipinski definition) is 4. The maximum absolute atomic E-state index is 11.8. The number of carbonyl (C=O) groups excluding carboxylic acids is 1. The Hall–Kier alpha value is -1.14. The van der Waals surface area contributed by atoms with Gasteiger partial charge in [0.15, 0.2) is 0 Å². The molecule has 6 nitrogen and oxygen atoms in total. The fraction of sp³-hybridized carbons (Fsp3) is 0.846. The first kappa shape index (κ1) is 15.9. The molecule has 0 bridgehead atoms. The van der Waals surface area contributed by atoms with Crippen molar-refractivity contribution < 1.29 is 24.2 Å². The van der Waals surface area contributed by atoms with Crippen LogP contribution in [0.2, 0.25) is 0 Å². The number of carboxylic acid groups (broad SMARTS) is 1. The Bertz CT molecular complexity index is 323. The van der Waals surface area contributed by atoms with Crippen LogP contribution in [0.25, 0.3) is 0 Å². The molecule has 1 amide bonds. The second kappa shape index (κ2) is 6.86. The molecule has 0 spiro atoms. The SMILES string of the molecule is C[C@H](OC[C@@H]1CCCCO1)C(=O)NC(C)(C)C(=O)O. The van der Waals surface area contributed by atoms with Crippen molar-refractivity contribution in [3.8, 4) is 0 Å². The molecule has 1 rings (SSSR count). The summed E-state index contributed by atoms with van der Waals surface area (Å²) in [6.45, 7) is 5.58. The van der Waals surface area contributed by atoms with Crippen LogP contribution in [0.1, 0.15) is 40.0 Å². The second-order valence-electron chi connectivity index (χ2n) is 5.38. The minimum atomic E-state index is -1.30. The van der Waals surface area contributed by atoms with Gasteiger partial charge in [-0.15, -0.1) is 0 Å². The summed E-state index contributed by atoms with van der Waals surface area (Å²) < 4.78 is 10.9. The molecule has 1 fully saturated rings. The lowest BCUT2D eigenvalue weighted by molar-refractivity contribution is -0.149. The lowest BCUT2D eigenvalue weighted by Crippen LogP contribution is -2.53. The van der Waals surface area contributed by atoms with Gasteiger partial charge in [-0.25, -0.2) is 4.79 Å². The van der Waals surface area contributed by atoms with Gasteiger partial charge >= 0.3 is 5.97 Å². The molecule has 0 aromatic rings. The molecule has 1 aliphatic rings. The number of hydrogen-bond donors (Lipinski definition) is 2. The minimum Gasteiger partial charge on any atom is -0.480 e. The zero-order chi connectivity index (χ0) is 14.5. The highest BCUT2D eigenvalue weighted by molar-refractivity contribution is 5.88. The molecule has 6 heteroatoms. The van der Waals surface area contributed by atoms with Gasteiger partial charge in [-0.05, 0) is 40.0 Å². The third-order valence-electron chi connectivity index (χ3n) is 3.15. The monoisotopic (exact) mass is 273 g/mol. The van der Waals surface area contributed by atoms with E-state index >= 15 is 0 Å². The Labute approximate surface area is 113 Å². The predicted octanol–water partition coefficient (Wildman–Crippen LogP) is 0.940. The molecule has 110 valence electrons. The number of ether oxygens (including phenoxy) is 2. The molecule has 2 atom stereocenters. The zero-order valence-electron chi connectivity index (χ0n) is 11.8. The van der Waals surface area contributed by atoms with Crippen molar-refractivity contribution in [3.05, 3.63) is 0 Å². The van der Waals surface area contributed by atoms with Gasteiger partial charge in [0.1, 0.15) is 11.6 Å². The van der Waals surface area contributed by atoms with E-state index in [0.717, 1.165) is 25.9 Å². The molecule has 19 heavy (non-hydrogen) atoms. The van der Waals surface area contributed by atoms with E-state index in [0.29, 0.717) is 6.61 Å². The summed E-state index contributed by atoms with van der Waals surface area (Å²) in [6.07, 6.45) is 2.47. The number of amides is 1. The van der Waals surface area contributed by atoms with Crippen molar-refractivity contribution in [2.24, 2.45) is 0 Å². The highest BCUT2D eigenvalue weighted by Gasteiger charge is 2.31. The van der Waals surface area contributed by atoms with Crippen LogP contribution in [0.5, 0.6) is 0 Å². The maximum Gasteiger partial charge on any atom is 0.328 e. The first-order valence-corrected chi connectivity index (χ1v) is 6.61. The smallest absolute Gasteiger partial charge is 0.328 e. The van der Waals surface area contributed by atoms with Crippen molar-refractivity contribution in [2.75, 3.05) is 13.2 Å². The van der Waals surface area contributed by atoms with Gasteiger partial charge in [-0.2, -0.15) is 0 Å². The third kappa shape index (κ3) is 5.16. The minimum absolute atomic E-state index is 0.0384. The molecule has 0 unspecified atom stereocenters. The van der Waals surface area contributed by atoms with Crippen LogP contribution in [0.4, 0.5) is 0 Å². The summed E-state index contributed by atoms with van der Waals surface area (Å²) in [7, 11) is 0. The Morgan fingerprint density at radius 3 is 2.68 bits per heavy atom. The molecule has 1 saturated heterocycles. The summed E-state index contributed by atoms with van der Waals surface area (Å²) in [5.41, 5.74) is -1.30. The second-order valence-corrected chi connectivity index (χ2v) is 5.38. The van der Waals surface area contributed by atoms with E-state index in [1.165, 1.54) is 13.8 Å². The molecule has 0 aliphatic carbocycles. The summed E-state index contributed by atoms with van der Waals surface area (Å²) in [5.74, 6) is -1.51. The highest BCUT2D eigenvalue weighted by Crippen LogP contribution is 2.13. The Balaban J connectivity index is 2.34. The van der Waals surface area contributed by atoms with Gasteiger partial charge < -0.3 is 19.9 Å². The van der Waals surface area contributed by atoms with E-state index in [4.69, 9.17) is 14.6 Å². The molecular formula is C13H23NO5. The quantitative estimate of drug-likeness (QED) is 0.752. The number of carboxylic acids is 1. The topological polar surface area (TPSA) is 84.9 Å². The van der Waals surface area contributed by atoms with E-state index in [1.54, 1.807) is 6.92 Å². The van der Waals surface area contributed by atoms with E-state index in [1.807, 2.05) is 0 Å². The molecule has 0 saturated carbocycles. The van der Waals surface area contributed by atoms with Gasteiger partial charge in [-0.3, -0.25) is 4.79 Å². The molecule has 2 N–H and O–H groups in total. The molecule has 0 aromatic carbocycles. The van der Waals surface area contributed by atoms with Gasteiger partial charge in [-0.1, -0.05) is 0 Å². The van der Waals surface area contributed by atoms with Crippen molar-refractivity contribution >= 4 is 11.9 Å². The standard InChI is InChI=1S/C13H23NO5/c1-9(11(15)14-13(2,3)12(16)17)19-8-10-6-4-5-7-18-10/h9-10H,4-8H2,1-3H3,(H,14,15)(H,16,17)/t9-,10-/m0/s1. The van der Waals surface area contributed by atoms with Crippen LogP contribution in [-0.4, -0.2) is 47.9 Å². The average molecular weight is 273 g/mol. The first-order chi connectivity index (χ1) is 8.83. The van der Waals surface area contributed by atoms with Gasteiger partial charge in [0.05, 0.1) is 12.7 Å². The largest absolute Gasteiger partial charge is 0.480 e. The van der Waals surface area contributed by atoms with E-state index in [2.05, 4.69) is 5.32 Å². The Morgan fingerprint density at radius 1 is 1.47 bits per heavy atom. The summed E-state index contributed by atoms with van der Waals surface area (Å²) in [5, 5.41) is 11.4. The van der Waals surface area contributed by atoms with Gasteiger partial charge in [0, 0.05) is 6.61 Å². The number of rotatable bonds is 6. The highest BCUT2D eigenvalue weighted by atomic mass is 16.5. The van der Waals surface area contributed by atoms with E-state index in [-0.39, 0.29) is 6.10 Å². The van der Waals surface area contributed by atoms with Crippen LogP contribution >= 0.6 is 0 Å². The lowest BCUT2D eigenvalue weighted by atomic mass is 10.1. The van der Waals surface area contributed by atoms with Crippen LogP contribution in [0.15, 0.2) is 0 Å². The van der Waals surface area contributed by atoms with Crippen molar-refractivity contribution in [2.45, 2.75) is 57.8 Å². The van der Waals surface area contributed by atoms with E-state index in [9.17, 15) is 9.59 Å². The van der Waals surface area contributed by atoms with E-state index < -0.39 is 23.5 Å². The van der Waals surface area contributed by atoms with Gasteiger partial charge in [0.25, 0.3) is 0 Å². The maximum atomic E-state index is 11.8. The van der Waals surface area contributed by atoms with Crippen LogP contribution < -0.4 is 5.32 Å². The molecule has 0 radical (unpaired) electrons. The van der Waals surface area contributed by atoms with Crippen LogP contribution in [-0.2, 0) is 19.1 Å². The van der Waals surface area contributed by atoms with Crippen LogP contribution in [0, 0.1) is 0 Å². The first-order valence-electron chi connectivity index (χ1n) is 6.61.